The first-order chi connectivity index (χ1) is 8.85. The van der Waals surface area contributed by atoms with E-state index < -0.39 is 0 Å². The summed E-state index contributed by atoms with van der Waals surface area (Å²) in [6, 6.07) is 10.8. The monoisotopic (exact) mass is 262 g/mol. The van der Waals surface area contributed by atoms with Gasteiger partial charge in [0.15, 0.2) is 0 Å². The minimum atomic E-state index is 0.495. The molecule has 0 radical (unpaired) electrons. The van der Waals surface area contributed by atoms with Gasteiger partial charge in [-0.1, -0.05) is 25.1 Å². The summed E-state index contributed by atoms with van der Waals surface area (Å²) in [5, 5.41) is 4.80. The van der Waals surface area contributed by atoms with Crippen LogP contribution in [0.2, 0.25) is 0 Å². The van der Waals surface area contributed by atoms with Crippen molar-refractivity contribution in [3.63, 3.8) is 0 Å². The van der Waals surface area contributed by atoms with Crippen LogP contribution in [0.3, 0.4) is 0 Å². The lowest BCUT2D eigenvalue weighted by Gasteiger charge is -2.16. The molecule has 2 nitrogen and oxygen atoms in total. The molecule has 1 aromatic carbocycles. The van der Waals surface area contributed by atoms with Crippen molar-refractivity contribution < 1.29 is 0 Å². The molecule has 0 saturated carbocycles. The minimum Gasteiger partial charge on any atom is -0.310 e. The topological polar surface area (TPSA) is 24.9 Å². The Morgan fingerprint density at radius 2 is 2.11 bits per heavy atom. The van der Waals surface area contributed by atoms with Crippen molar-refractivity contribution in [1.82, 2.24) is 10.3 Å². The molecule has 1 aromatic heterocycles. The van der Waals surface area contributed by atoms with E-state index in [0.717, 1.165) is 24.9 Å². The molecule has 1 heterocycles. The Morgan fingerprint density at radius 3 is 2.89 bits per heavy atom. The first-order valence-corrected chi connectivity index (χ1v) is 7.00. The van der Waals surface area contributed by atoms with Crippen LogP contribution in [-0.4, -0.2) is 16.9 Å². The molecular formula is C15H19ClN2. The third kappa shape index (κ3) is 3.21. The van der Waals surface area contributed by atoms with Crippen molar-refractivity contribution in [2.24, 2.45) is 0 Å². The van der Waals surface area contributed by atoms with Crippen LogP contribution in [0.1, 0.15) is 25.3 Å². The molecule has 0 aliphatic heterocycles. The molecule has 1 unspecified atom stereocenters. The maximum Gasteiger partial charge on any atom is 0.0705 e. The summed E-state index contributed by atoms with van der Waals surface area (Å²) >= 11 is 5.80. The van der Waals surface area contributed by atoms with Crippen molar-refractivity contribution in [3.8, 4) is 0 Å². The number of aromatic nitrogens is 1. The van der Waals surface area contributed by atoms with Crippen LogP contribution in [-0.2, 0) is 6.54 Å². The number of nitrogens with zero attached hydrogens (tertiary/aromatic N) is 1. The maximum absolute atomic E-state index is 5.80. The van der Waals surface area contributed by atoms with E-state index in [-0.39, 0.29) is 0 Å². The molecule has 0 aliphatic carbocycles. The number of halogens is 1. The lowest BCUT2D eigenvalue weighted by molar-refractivity contribution is 0.487. The van der Waals surface area contributed by atoms with Crippen LogP contribution < -0.4 is 5.32 Å². The molecule has 0 aliphatic rings. The fraction of sp³-hybridized carbons (Fsp3) is 0.400. The van der Waals surface area contributed by atoms with E-state index in [4.69, 9.17) is 11.6 Å². The Hall–Kier alpha value is -1.12. The predicted molar refractivity (Wildman–Crippen MR) is 78.0 cm³/mol. The molecule has 3 heteroatoms. The summed E-state index contributed by atoms with van der Waals surface area (Å²) in [5.41, 5.74) is 2.36. The Bertz CT molecular complexity index is 493. The second-order valence-electron chi connectivity index (χ2n) is 4.45. The second-order valence-corrected chi connectivity index (χ2v) is 4.83. The van der Waals surface area contributed by atoms with Crippen molar-refractivity contribution in [2.75, 3.05) is 5.88 Å². The molecule has 1 N–H and O–H groups in total. The van der Waals surface area contributed by atoms with Gasteiger partial charge in [-0.15, -0.1) is 11.6 Å². The molecule has 0 spiro atoms. The maximum atomic E-state index is 5.80. The Kier molecular flexibility index (Phi) is 4.97. The Labute approximate surface area is 113 Å². The molecule has 18 heavy (non-hydrogen) atoms. The summed E-state index contributed by atoms with van der Waals surface area (Å²) in [5.74, 6) is 0.711. The average molecular weight is 263 g/mol. The number of hydrogen-bond acceptors (Lipinski definition) is 2. The molecule has 0 fully saturated rings. The van der Waals surface area contributed by atoms with Gasteiger partial charge in [0.25, 0.3) is 0 Å². The smallest absolute Gasteiger partial charge is 0.0705 e. The normalized spacial score (nSPS) is 12.8. The number of hydrogen-bond donors (Lipinski definition) is 1. The molecule has 2 aromatic rings. The van der Waals surface area contributed by atoms with Gasteiger partial charge in [0, 0.05) is 30.0 Å². The highest BCUT2D eigenvalue weighted by Gasteiger charge is 2.06. The van der Waals surface area contributed by atoms with Gasteiger partial charge in [-0.3, -0.25) is 4.98 Å². The number of rotatable bonds is 6. The van der Waals surface area contributed by atoms with Crippen LogP contribution in [0.25, 0.3) is 10.9 Å². The van der Waals surface area contributed by atoms with Gasteiger partial charge in [0.1, 0.15) is 0 Å². The molecule has 96 valence electrons. The molecule has 0 saturated heterocycles. The van der Waals surface area contributed by atoms with Gasteiger partial charge in [0.2, 0.25) is 0 Å². The van der Waals surface area contributed by atoms with Gasteiger partial charge in [-0.05, 0) is 30.5 Å². The Morgan fingerprint density at radius 1 is 1.28 bits per heavy atom. The zero-order valence-electron chi connectivity index (χ0n) is 10.7. The molecule has 0 amide bonds. The highest BCUT2D eigenvalue weighted by molar-refractivity contribution is 6.17. The first kappa shape index (κ1) is 13.3. The zero-order valence-corrected chi connectivity index (χ0v) is 11.5. The second kappa shape index (κ2) is 6.72. The van der Waals surface area contributed by atoms with Gasteiger partial charge < -0.3 is 5.32 Å². The predicted octanol–water partition coefficient (Wildman–Crippen LogP) is 3.73. The molecular weight excluding hydrogens is 244 g/mol. The molecule has 1 atom stereocenters. The van der Waals surface area contributed by atoms with Crippen LogP contribution in [0.5, 0.6) is 0 Å². The lowest BCUT2D eigenvalue weighted by atomic mass is 10.1. The third-order valence-electron chi connectivity index (χ3n) is 3.27. The fourth-order valence-corrected chi connectivity index (χ4v) is 2.41. The van der Waals surface area contributed by atoms with Gasteiger partial charge in [-0.2, -0.15) is 0 Å². The van der Waals surface area contributed by atoms with E-state index in [9.17, 15) is 0 Å². The van der Waals surface area contributed by atoms with Crippen LogP contribution in [0.15, 0.2) is 36.5 Å². The van der Waals surface area contributed by atoms with E-state index in [1.807, 2.05) is 12.3 Å². The quantitative estimate of drug-likeness (QED) is 0.803. The van der Waals surface area contributed by atoms with Crippen molar-refractivity contribution in [1.29, 1.82) is 0 Å². The van der Waals surface area contributed by atoms with Crippen molar-refractivity contribution >= 4 is 22.5 Å². The third-order valence-corrected chi connectivity index (χ3v) is 3.49. The largest absolute Gasteiger partial charge is 0.310 e. The standard InChI is InChI=1S/C15H19ClN2/c1-2-13(7-9-16)18-11-12-8-10-17-15-6-4-3-5-14(12)15/h3-6,8,10,13,18H,2,7,9,11H2,1H3. The highest BCUT2D eigenvalue weighted by atomic mass is 35.5. The van der Waals surface area contributed by atoms with Crippen molar-refractivity contribution in [2.45, 2.75) is 32.4 Å². The fourth-order valence-electron chi connectivity index (χ4n) is 2.15. The summed E-state index contributed by atoms with van der Waals surface area (Å²) < 4.78 is 0. The van der Waals surface area contributed by atoms with E-state index in [1.165, 1.54) is 10.9 Å². The SMILES string of the molecule is CCC(CCCl)NCc1ccnc2ccccc12. The Balaban J connectivity index is 2.11. The van der Waals surface area contributed by atoms with E-state index in [0.29, 0.717) is 11.9 Å². The summed E-state index contributed by atoms with van der Waals surface area (Å²) in [7, 11) is 0. The van der Waals surface area contributed by atoms with Crippen LogP contribution in [0.4, 0.5) is 0 Å². The van der Waals surface area contributed by atoms with Crippen molar-refractivity contribution in [3.05, 3.63) is 42.1 Å². The van der Waals surface area contributed by atoms with E-state index >= 15 is 0 Å². The van der Waals surface area contributed by atoms with E-state index in [2.05, 4.69) is 41.5 Å². The molecule has 2 rings (SSSR count). The van der Waals surface area contributed by atoms with E-state index in [1.54, 1.807) is 0 Å². The van der Waals surface area contributed by atoms with Gasteiger partial charge in [0.05, 0.1) is 5.52 Å². The summed E-state index contributed by atoms with van der Waals surface area (Å²) in [6.07, 6.45) is 4.00. The minimum absolute atomic E-state index is 0.495. The number of fused-ring (bicyclic) bond motifs is 1. The van der Waals surface area contributed by atoms with Gasteiger partial charge >= 0.3 is 0 Å². The number of benzene rings is 1. The lowest BCUT2D eigenvalue weighted by Crippen LogP contribution is -2.28. The average Bonchev–Trinajstić information content (AvgIpc) is 2.43. The number of alkyl halides is 1. The number of pyridine rings is 1. The van der Waals surface area contributed by atoms with Crippen LogP contribution in [0, 0.1) is 0 Å². The number of para-hydroxylation sites is 1. The summed E-state index contributed by atoms with van der Waals surface area (Å²) in [6.45, 7) is 3.06. The first-order valence-electron chi connectivity index (χ1n) is 6.47. The van der Waals surface area contributed by atoms with Crippen LogP contribution >= 0.6 is 11.6 Å². The number of nitrogens with one attached hydrogen (secondary N) is 1. The summed E-state index contributed by atoms with van der Waals surface area (Å²) in [4.78, 5) is 4.38. The highest BCUT2D eigenvalue weighted by Crippen LogP contribution is 2.16. The molecule has 0 bridgehead atoms. The van der Waals surface area contributed by atoms with Gasteiger partial charge in [-0.25, -0.2) is 0 Å². The zero-order chi connectivity index (χ0) is 12.8.